The summed E-state index contributed by atoms with van der Waals surface area (Å²) in [5, 5.41) is 31.9. The fourth-order valence-corrected chi connectivity index (χ4v) is 9.46. The van der Waals surface area contributed by atoms with E-state index in [9.17, 15) is 39.5 Å². The van der Waals surface area contributed by atoms with E-state index < -0.39 is 47.0 Å². The molecule has 15 nitrogen and oxygen atoms in total. The number of nitro groups is 1. The summed E-state index contributed by atoms with van der Waals surface area (Å²) in [5.74, 6) is -2.65. The zero-order chi connectivity index (χ0) is 33.9. The third-order valence-corrected chi connectivity index (χ3v) is 11.9. The highest BCUT2D eigenvalue weighted by molar-refractivity contribution is 8.00. The first-order valence-corrected chi connectivity index (χ1v) is 16.7. The highest BCUT2D eigenvalue weighted by Gasteiger charge is 2.60. The van der Waals surface area contributed by atoms with Gasteiger partial charge in [0.15, 0.2) is 0 Å². The van der Waals surface area contributed by atoms with Crippen LogP contribution in [0.2, 0.25) is 0 Å². The molecule has 5 heterocycles. The summed E-state index contributed by atoms with van der Waals surface area (Å²) in [6.45, 7) is 6.04. The molecule has 6 rings (SSSR count). The summed E-state index contributed by atoms with van der Waals surface area (Å²) < 4.78 is 8.59. The molecule has 48 heavy (non-hydrogen) atoms. The molecule has 0 spiro atoms. The maximum atomic E-state index is 12.9. The molecule has 0 unspecified atom stereocenters. The predicted octanol–water partition coefficient (Wildman–Crippen LogP) is -0.0178. The molecule has 3 aromatic rings. The number of primary amides is 1. The number of aryl methyl sites for hydroxylation is 1. The van der Waals surface area contributed by atoms with Crippen molar-refractivity contribution in [3.8, 4) is 0 Å². The minimum absolute atomic E-state index is 0. The Morgan fingerprint density at radius 1 is 1.23 bits per heavy atom. The molecule has 2 saturated heterocycles. The molecule has 0 radical (unpaired) electrons. The van der Waals surface area contributed by atoms with Crippen molar-refractivity contribution in [1.82, 2.24) is 14.4 Å². The monoisotopic (exact) mass is 812 g/mol. The number of piperidine rings is 1. The number of likely N-dealkylation sites (tertiary alicyclic amines) is 1. The van der Waals surface area contributed by atoms with E-state index in [1.807, 2.05) is 13.8 Å². The van der Waals surface area contributed by atoms with Crippen molar-refractivity contribution >= 4 is 63.2 Å². The molecule has 2 aromatic heterocycles. The average Bonchev–Trinajstić information content (AvgIpc) is 3.62. The number of benzene rings is 1. The number of halogens is 1. The Kier molecular flexibility index (Phi) is 10.1. The van der Waals surface area contributed by atoms with E-state index in [1.165, 1.54) is 51.6 Å². The highest BCUT2D eigenvalue weighted by atomic mass is 127. The van der Waals surface area contributed by atoms with Gasteiger partial charge in [0, 0.05) is 42.0 Å². The highest BCUT2D eigenvalue weighted by Crippen LogP contribution is 2.52. The molecule has 0 saturated carbocycles. The zero-order valence-electron chi connectivity index (χ0n) is 26.1. The number of aliphatic carboxylic acids is 1. The van der Waals surface area contributed by atoms with E-state index in [0.29, 0.717) is 57.5 Å². The first-order valence-electron chi connectivity index (χ1n) is 15.0. The Morgan fingerprint density at radius 2 is 1.88 bits per heavy atom. The first kappa shape index (κ1) is 35.6. The van der Waals surface area contributed by atoms with E-state index in [1.54, 1.807) is 27.8 Å². The van der Waals surface area contributed by atoms with Gasteiger partial charge in [-0.2, -0.15) is 4.40 Å². The lowest BCUT2D eigenvalue weighted by Crippen LogP contribution is -3.00. The number of fused-ring (bicyclic) bond motifs is 2. The van der Waals surface area contributed by atoms with Gasteiger partial charge in [0.1, 0.15) is 18.0 Å². The van der Waals surface area contributed by atoms with Gasteiger partial charge < -0.3 is 54.5 Å². The van der Waals surface area contributed by atoms with E-state index in [-0.39, 0.29) is 53.1 Å². The number of nitrogens with zero attached hydrogens (tertiary/aromatic N) is 5. The van der Waals surface area contributed by atoms with Crippen LogP contribution in [-0.4, -0.2) is 84.0 Å². The number of ether oxygens (including phenoxy) is 1. The number of amides is 3. The Labute approximate surface area is 299 Å². The molecular formula is C30H33IN6O9S2. The second kappa shape index (κ2) is 13.6. The van der Waals surface area contributed by atoms with E-state index >= 15 is 0 Å². The van der Waals surface area contributed by atoms with Crippen LogP contribution in [0.1, 0.15) is 42.8 Å². The van der Waals surface area contributed by atoms with Gasteiger partial charge in [-0.3, -0.25) is 14.9 Å². The third-order valence-electron chi connectivity index (χ3n) is 9.08. The van der Waals surface area contributed by atoms with Crippen LogP contribution >= 0.6 is 23.1 Å². The van der Waals surface area contributed by atoms with E-state index in [2.05, 4.69) is 0 Å². The number of nitrogens with two attached hydrogens (primary N) is 1. The lowest BCUT2D eigenvalue weighted by atomic mass is 9.77. The quantitative estimate of drug-likeness (QED) is 0.0913. The van der Waals surface area contributed by atoms with Crippen molar-refractivity contribution in [3.63, 3.8) is 0 Å². The van der Waals surface area contributed by atoms with E-state index in [0.717, 1.165) is 0 Å². The molecule has 3 aliphatic heterocycles. The number of aliphatic hydroxyl groups excluding tert-OH is 1. The third kappa shape index (κ3) is 6.02. The molecule has 4 N–H and O–H groups in total. The van der Waals surface area contributed by atoms with Gasteiger partial charge in [0.25, 0.3) is 12.0 Å². The predicted molar refractivity (Wildman–Crippen MR) is 168 cm³/mol. The molecule has 0 aliphatic carbocycles. The number of carbonyl (C=O) groups excluding carboxylic acids is 3. The number of carbonyl (C=O) groups is 4. The molecule has 1 aromatic carbocycles. The molecule has 0 bridgehead atoms. The topological polar surface area (TPSA) is 203 Å². The zero-order valence-corrected chi connectivity index (χ0v) is 29.9. The normalized spacial score (nSPS) is 21.5. The lowest BCUT2D eigenvalue weighted by molar-refractivity contribution is -0.515. The Balaban J connectivity index is 0.00000451. The maximum absolute atomic E-state index is 12.9. The van der Waals surface area contributed by atoms with Crippen LogP contribution in [0.5, 0.6) is 0 Å². The maximum Gasteiger partial charge on any atom is 0.411 e. The summed E-state index contributed by atoms with van der Waals surface area (Å²) in [7, 11) is 0. The largest absolute Gasteiger partial charge is 1.00 e. The number of thiazole rings is 1. The van der Waals surface area contributed by atoms with Crippen LogP contribution in [0.15, 0.2) is 41.3 Å². The number of β-lactam (4-membered cyclic amide) rings is 1. The molecule has 4 atom stereocenters. The summed E-state index contributed by atoms with van der Waals surface area (Å²) in [6, 6.07) is 4.66. The second-order valence-corrected chi connectivity index (χ2v) is 14.2. The smallest absolute Gasteiger partial charge is 0.411 e. The standard InChI is InChI=1S/C30H32N6O9S2.HI/c1-14-20(23(28(39)40)35-22(14)21(16(3)37)25(35)38)24-15(2)33-13-34(29(31)41)27(26(33)47-24)46-19-8-10-32(11-9-19)30(42)45-12-17-4-6-18(7-5-17)36(43)44;/h4-7,13-14,16,19,21-22,37H,8-12H2,1-3H3,(H2-,31,39,40,41);1H/t14-,16+,21+,22+;/m0./s1. The molecule has 256 valence electrons. The van der Waals surface area contributed by atoms with Gasteiger partial charge in [0.2, 0.25) is 15.8 Å². The number of rotatable bonds is 8. The van der Waals surface area contributed by atoms with Crippen LogP contribution in [0, 0.1) is 28.9 Å². The minimum atomic E-state index is -1.22. The number of hydrogen-bond acceptors (Lipinski definition) is 10. The molecule has 3 aliphatic rings. The molecule has 18 heteroatoms. The van der Waals surface area contributed by atoms with Crippen LogP contribution in [0.4, 0.5) is 15.3 Å². The van der Waals surface area contributed by atoms with Crippen LogP contribution in [0.3, 0.4) is 0 Å². The van der Waals surface area contributed by atoms with Gasteiger partial charge in [0.05, 0.1) is 27.9 Å². The molecule has 3 amide bonds. The first-order chi connectivity index (χ1) is 22.3. The number of thioether (sulfide) groups is 1. The van der Waals surface area contributed by atoms with E-state index in [4.69, 9.17) is 10.5 Å². The van der Waals surface area contributed by atoms with Crippen molar-refractivity contribution in [3.05, 3.63) is 62.5 Å². The second-order valence-electron chi connectivity index (χ2n) is 11.9. The fraction of sp³-hybridized carbons (Fsp3) is 0.433. The molecular weight excluding hydrogens is 779 g/mol. The lowest BCUT2D eigenvalue weighted by Gasteiger charge is -2.46. The number of aliphatic hydroxyl groups is 1. The summed E-state index contributed by atoms with van der Waals surface area (Å²) in [6.07, 6.45) is 1.39. The Hall–Kier alpha value is -3.75. The number of nitro benzene ring substituents is 1. The minimum Gasteiger partial charge on any atom is -1.00 e. The van der Waals surface area contributed by atoms with Crippen LogP contribution in [-0.2, 0) is 20.9 Å². The number of carboxylic acids is 1. The van der Waals surface area contributed by atoms with Gasteiger partial charge in [-0.05, 0) is 44.4 Å². The van der Waals surface area contributed by atoms with Gasteiger partial charge in [-0.15, -0.1) is 4.57 Å². The number of aromatic nitrogens is 2. The van der Waals surface area contributed by atoms with Crippen molar-refractivity contribution < 1.29 is 67.4 Å². The van der Waals surface area contributed by atoms with Gasteiger partial charge in [-0.25, -0.2) is 14.4 Å². The number of hydrogen-bond donors (Lipinski definition) is 3. The van der Waals surface area contributed by atoms with Crippen molar-refractivity contribution in [2.24, 2.45) is 17.6 Å². The molecule has 2 fully saturated rings. The summed E-state index contributed by atoms with van der Waals surface area (Å²) in [4.78, 5) is 65.2. The number of carboxylic acid groups (broad SMARTS) is 1. The van der Waals surface area contributed by atoms with Crippen LogP contribution in [0.25, 0.3) is 10.4 Å². The Bertz CT molecular complexity index is 1850. The van der Waals surface area contributed by atoms with Crippen molar-refractivity contribution in [2.45, 2.75) is 62.6 Å². The SMILES string of the molecule is Cc1c(C2=C(C(=O)O)N3C(=O)[C@H]([C@@H](C)O)[C@H]3[C@H]2C)sc2c(SC3CCN(C(=O)OCc4ccc([N+](=O)[O-])cc4)CC3)n(C(N)=O)c[n+]12.[I-]. The average molecular weight is 813 g/mol. The van der Waals surface area contributed by atoms with Crippen molar-refractivity contribution in [1.29, 1.82) is 0 Å². The number of imidazole rings is 1. The van der Waals surface area contributed by atoms with Crippen LogP contribution < -0.4 is 34.1 Å². The fourth-order valence-electron chi connectivity index (χ4n) is 6.68. The summed E-state index contributed by atoms with van der Waals surface area (Å²) in [5.41, 5.74) is 7.47. The number of non-ortho nitro benzene ring substituents is 1. The van der Waals surface area contributed by atoms with Gasteiger partial charge >= 0.3 is 18.1 Å². The summed E-state index contributed by atoms with van der Waals surface area (Å²) >= 11 is 2.79. The van der Waals surface area contributed by atoms with Gasteiger partial charge in [-0.1, -0.05) is 30.0 Å². The Morgan fingerprint density at radius 3 is 2.44 bits per heavy atom. The van der Waals surface area contributed by atoms with Crippen molar-refractivity contribution in [2.75, 3.05) is 13.1 Å².